The Morgan fingerprint density at radius 1 is 1.69 bits per heavy atom. The molecule has 0 atom stereocenters. The zero-order valence-corrected chi connectivity index (χ0v) is 6.82. The van der Waals surface area contributed by atoms with Crippen LogP contribution in [0.2, 0.25) is 0 Å². The summed E-state index contributed by atoms with van der Waals surface area (Å²) in [6, 6.07) is 1.98. The molecule has 7 nitrogen and oxygen atoms in total. The molecule has 0 aliphatic heterocycles. The molecule has 1 aromatic heterocycles. The van der Waals surface area contributed by atoms with E-state index in [1.807, 2.05) is 6.07 Å². The number of carbonyl (C=O) groups is 1. The van der Waals surface area contributed by atoms with Gasteiger partial charge in [0.1, 0.15) is 0 Å². The molecule has 0 saturated carbocycles. The van der Waals surface area contributed by atoms with Crippen LogP contribution < -0.4 is 5.32 Å². The Bertz CT molecular complexity index is 299. The standard InChI is InChI=1S/C6H8N6O/c7-3-1-2-4-8-6(13)5-9-11-12-10-5/h1-2,4H2,(H,8,13)(H,9,10,11,12). The molecule has 13 heavy (non-hydrogen) atoms. The molecule has 1 rings (SSSR count). The lowest BCUT2D eigenvalue weighted by atomic mass is 10.3. The zero-order chi connectivity index (χ0) is 9.52. The molecule has 0 saturated heterocycles. The number of nitriles is 1. The number of tetrazole rings is 1. The van der Waals surface area contributed by atoms with Gasteiger partial charge < -0.3 is 5.32 Å². The molecule has 0 unspecified atom stereocenters. The molecule has 0 radical (unpaired) electrons. The highest BCUT2D eigenvalue weighted by molar-refractivity contribution is 5.89. The fourth-order valence-corrected chi connectivity index (χ4v) is 0.706. The summed E-state index contributed by atoms with van der Waals surface area (Å²) in [4.78, 5) is 11.1. The molecule has 0 aromatic carbocycles. The van der Waals surface area contributed by atoms with Crippen molar-refractivity contribution in [3.8, 4) is 6.07 Å². The van der Waals surface area contributed by atoms with Crippen molar-refractivity contribution in [3.63, 3.8) is 0 Å². The Morgan fingerprint density at radius 3 is 3.15 bits per heavy atom. The van der Waals surface area contributed by atoms with Gasteiger partial charge in [-0.05, 0) is 11.6 Å². The Hall–Kier alpha value is -1.97. The van der Waals surface area contributed by atoms with Crippen molar-refractivity contribution in [3.05, 3.63) is 5.82 Å². The number of aromatic nitrogens is 4. The molecule has 68 valence electrons. The molecule has 0 fully saturated rings. The van der Waals surface area contributed by atoms with Crippen molar-refractivity contribution < 1.29 is 4.79 Å². The highest BCUT2D eigenvalue weighted by atomic mass is 16.2. The SMILES string of the molecule is N#CCCCNC(=O)c1nn[nH]n1. The van der Waals surface area contributed by atoms with Gasteiger partial charge in [0.2, 0.25) is 0 Å². The normalized spacial score (nSPS) is 9.15. The number of aromatic amines is 1. The highest BCUT2D eigenvalue weighted by Gasteiger charge is 2.08. The molecule has 2 N–H and O–H groups in total. The minimum atomic E-state index is -0.383. The van der Waals surface area contributed by atoms with E-state index < -0.39 is 0 Å². The van der Waals surface area contributed by atoms with Crippen LogP contribution in [0.25, 0.3) is 0 Å². The topological polar surface area (TPSA) is 107 Å². The molecule has 0 spiro atoms. The minimum absolute atomic E-state index is 0.0111. The van der Waals surface area contributed by atoms with E-state index >= 15 is 0 Å². The first kappa shape index (κ1) is 9.12. The summed E-state index contributed by atoms with van der Waals surface area (Å²) in [5.41, 5.74) is 0. The van der Waals surface area contributed by atoms with Crippen LogP contribution in [-0.2, 0) is 0 Å². The summed E-state index contributed by atoms with van der Waals surface area (Å²) < 4.78 is 0. The van der Waals surface area contributed by atoms with E-state index in [4.69, 9.17) is 5.26 Å². The van der Waals surface area contributed by atoms with E-state index in [2.05, 4.69) is 25.9 Å². The predicted octanol–water partition coefficient (Wildman–Crippen LogP) is -0.767. The first-order valence-electron chi connectivity index (χ1n) is 3.73. The van der Waals surface area contributed by atoms with E-state index in [1.54, 1.807) is 0 Å². The number of hydrogen-bond donors (Lipinski definition) is 2. The Labute approximate surface area is 74.1 Å². The average Bonchev–Trinajstić information content (AvgIpc) is 2.65. The summed E-state index contributed by atoms with van der Waals surface area (Å²) in [6.07, 6.45) is 1.05. The molecule has 1 amide bonds. The maximum Gasteiger partial charge on any atom is 0.292 e. The molecular formula is C6H8N6O. The fourth-order valence-electron chi connectivity index (χ4n) is 0.706. The largest absolute Gasteiger partial charge is 0.349 e. The summed E-state index contributed by atoms with van der Waals surface area (Å²) in [6.45, 7) is 0.445. The maximum absolute atomic E-state index is 11.1. The van der Waals surface area contributed by atoms with Crippen LogP contribution in [0, 0.1) is 11.3 Å². The third kappa shape index (κ3) is 2.86. The second-order valence-electron chi connectivity index (χ2n) is 2.25. The lowest BCUT2D eigenvalue weighted by molar-refractivity contribution is 0.0943. The first-order chi connectivity index (χ1) is 6.34. The summed E-state index contributed by atoms with van der Waals surface area (Å²) >= 11 is 0. The quantitative estimate of drug-likeness (QED) is 0.592. The van der Waals surface area contributed by atoms with Crippen LogP contribution in [-0.4, -0.2) is 33.1 Å². The highest BCUT2D eigenvalue weighted by Crippen LogP contribution is 1.86. The van der Waals surface area contributed by atoms with Gasteiger partial charge in [-0.3, -0.25) is 4.79 Å². The van der Waals surface area contributed by atoms with Gasteiger partial charge in [0.25, 0.3) is 11.7 Å². The number of unbranched alkanes of at least 4 members (excludes halogenated alkanes) is 1. The van der Waals surface area contributed by atoms with Crippen LogP contribution in [0.5, 0.6) is 0 Å². The van der Waals surface area contributed by atoms with Gasteiger partial charge in [0, 0.05) is 13.0 Å². The van der Waals surface area contributed by atoms with Crippen molar-refractivity contribution in [1.29, 1.82) is 5.26 Å². The van der Waals surface area contributed by atoms with E-state index in [-0.39, 0.29) is 11.7 Å². The van der Waals surface area contributed by atoms with Gasteiger partial charge in [-0.1, -0.05) is 0 Å². The van der Waals surface area contributed by atoms with Gasteiger partial charge in [-0.15, -0.1) is 10.2 Å². The Balaban J connectivity index is 2.24. The fraction of sp³-hybridized carbons (Fsp3) is 0.500. The van der Waals surface area contributed by atoms with Crippen LogP contribution in [0.15, 0.2) is 0 Å². The second-order valence-corrected chi connectivity index (χ2v) is 2.25. The number of nitrogens with zero attached hydrogens (tertiary/aromatic N) is 4. The molecule has 7 heteroatoms. The van der Waals surface area contributed by atoms with Gasteiger partial charge >= 0.3 is 0 Å². The third-order valence-electron chi connectivity index (χ3n) is 1.30. The van der Waals surface area contributed by atoms with Gasteiger partial charge in [-0.25, -0.2) is 0 Å². The molecule has 0 aliphatic rings. The summed E-state index contributed by atoms with van der Waals surface area (Å²) in [5.74, 6) is -0.372. The number of H-pyrrole nitrogens is 1. The Kier molecular flexibility index (Phi) is 3.38. The maximum atomic E-state index is 11.1. The number of nitrogens with one attached hydrogen (secondary N) is 2. The first-order valence-corrected chi connectivity index (χ1v) is 3.73. The number of hydrogen-bond acceptors (Lipinski definition) is 5. The van der Waals surface area contributed by atoms with Crippen LogP contribution >= 0.6 is 0 Å². The zero-order valence-electron chi connectivity index (χ0n) is 6.82. The van der Waals surface area contributed by atoms with E-state index in [0.717, 1.165) is 0 Å². The van der Waals surface area contributed by atoms with Gasteiger partial charge in [0.05, 0.1) is 6.07 Å². The van der Waals surface area contributed by atoms with Crippen molar-refractivity contribution in [1.82, 2.24) is 25.9 Å². The monoisotopic (exact) mass is 180 g/mol. The van der Waals surface area contributed by atoms with E-state index in [0.29, 0.717) is 19.4 Å². The number of rotatable bonds is 4. The summed E-state index contributed by atoms with van der Waals surface area (Å²) in [7, 11) is 0. The lowest BCUT2D eigenvalue weighted by Gasteiger charge is -1.97. The molecular weight excluding hydrogens is 172 g/mol. The average molecular weight is 180 g/mol. The van der Waals surface area contributed by atoms with E-state index in [9.17, 15) is 4.79 Å². The minimum Gasteiger partial charge on any atom is -0.349 e. The van der Waals surface area contributed by atoms with Gasteiger partial charge in [0.15, 0.2) is 0 Å². The van der Waals surface area contributed by atoms with E-state index in [1.165, 1.54) is 0 Å². The van der Waals surface area contributed by atoms with Crippen molar-refractivity contribution >= 4 is 5.91 Å². The molecule has 1 aromatic rings. The van der Waals surface area contributed by atoms with Crippen molar-refractivity contribution in [2.24, 2.45) is 0 Å². The van der Waals surface area contributed by atoms with Crippen LogP contribution in [0.4, 0.5) is 0 Å². The predicted molar refractivity (Wildman–Crippen MR) is 41.4 cm³/mol. The number of amides is 1. The summed E-state index contributed by atoms with van der Waals surface area (Å²) in [5, 5.41) is 23.1. The van der Waals surface area contributed by atoms with Crippen molar-refractivity contribution in [2.75, 3.05) is 6.54 Å². The smallest absolute Gasteiger partial charge is 0.292 e. The van der Waals surface area contributed by atoms with Crippen molar-refractivity contribution in [2.45, 2.75) is 12.8 Å². The van der Waals surface area contributed by atoms with Crippen LogP contribution in [0.3, 0.4) is 0 Å². The lowest BCUT2D eigenvalue weighted by Crippen LogP contribution is -2.25. The molecule has 1 heterocycles. The van der Waals surface area contributed by atoms with Gasteiger partial charge in [-0.2, -0.15) is 10.5 Å². The third-order valence-corrected chi connectivity index (χ3v) is 1.30. The Morgan fingerprint density at radius 2 is 2.54 bits per heavy atom. The van der Waals surface area contributed by atoms with Crippen LogP contribution in [0.1, 0.15) is 23.5 Å². The number of carbonyl (C=O) groups excluding carboxylic acids is 1. The molecule has 0 aliphatic carbocycles. The molecule has 0 bridgehead atoms. The second kappa shape index (κ2) is 4.82.